The van der Waals surface area contributed by atoms with Gasteiger partial charge in [0.2, 0.25) is 0 Å². The third kappa shape index (κ3) is 2.85. The molecule has 0 aliphatic carbocycles. The van der Waals surface area contributed by atoms with Crippen molar-refractivity contribution in [2.75, 3.05) is 31.6 Å². The molecular formula is C15H25N3. The molecule has 0 bridgehead atoms. The molecule has 18 heavy (non-hydrogen) atoms. The fraction of sp³-hybridized carbons (Fsp3) is 0.600. The summed E-state index contributed by atoms with van der Waals surface area (Å²) in [5, 5.41) is 0. The Morgan fingerprint density at radius 1 is 1.28 bits per heavy atom. The predicted octanol–water partition coefficient (Wildman–Crippen LogP) is 1.85. The Hall–Kier alpha value is -1.06. The average Bonchev–Trinajstić information content (AvgIpc) is 2.52. The third-order valence-corrected chi connectivity index (χ3v) is 4.19. The first-order chi connectivity index (χ1) is 8.61. The van der Waals surface area contributed by atoms with Crippen molar-refractivity contribution in [3.63, 3.8) is 0 Å². The van der Waals surface area contributed by atoms with E-state index in [-0.39, 0.29) is 0 Å². The number of likely N-dealkylation sites (N-methyl/N-ethyl adjacent to an activating group) is 1. The SMILES string of the molecule is Cc1ccc(N2CCC(C)N(C)C(CN)C2)cc1. The zero-order chi connectivity index (χ0) is 13.1. The van der Waals surface area contributed by atoms with Gasteiger partial charge in [0.25, 0.3) is 0 Å². The van der Waals surface area contributed by atoms with Gasteiger partial charge in [-0.25, -0.2) is 0 Å². The van der Waals surface area contributed by atoms with Gasteiger partial charge in [-0.3, -0.25) is 4.90 Å². The Balaban J connectivity index is 2.16. The van der Waals surface area contributed by atoms with E-state index in [1.54, 1.807) is 0 Å². The third-order valence-electron chi connectivity index (χ3n) is 4.19. The van der Waals surface area contributed by atoms with E-state index in [0.29, 0.717) is 12.1 Å². The average molecular weight is 247 g/mol. The molecule has 0 spiro atoms. The van der Waals surface area contributed by atoms with Crippen LogP contribution in [0.1, 0.15) is 18.9 Å². The molecule has 1 aliphatic heterocycles. The molecule has 1 saturated heterocycles. The molecule has 0 radical (unpaired) electrons. The van der Waals surface area contributed by atoms with Gasteiger partial charge in [0.15, 0.2) is 0 Å². The van der Waals surface area contributed by atoms with Crippen LogP contribution in [-0.2, 0) is 0 Å². The number of nitrogens with two attached hydrogens (primary N) is 1. The summed E-state index contributed by atoms with van der Waals surface area (Å²) in [4.78, 5) is 4.89. The minimum Gasteiger partial charge on any atom is -0.370 e. The van der Waals surface area contributed by atoms with Crippen LogP contribution in [0.4, 0.5) is 5.69 Å². The van der Waals surface area contributed by atoms with E-state index >= 15 is 0 Å². The molecule has 0 amide bonds. The lowest BCUT2D eigenvalue weighted by molar-refractivity contribution is 0.201. The van der Waals surface area contributed by atoms with Crippen LogP contribution in [0.3, 0.4) is 0 Å². The first kappa shape index (κ1) is 13.4. The number of aryl methyl sites for hydroxylation is 1. The lowest BCUT2D eigenvalue weighted by Gasteiger charge is -2.31. The molecule has 1 fully saturated rings. The molecule has 2 rings (SSSR count). The molecule has 1 aliphatic rings. The van der Waals surface area contributed by atoms with Gasteiger partial charge in [0.1, 0.15) is 0 Å². The Morgan fingerprint density at radius 3 is 2.56 bits per heavy atom. The molecule has 1 aromatic carbocycles. The minimum absolute atomic E-state index is 0.448. The number of benzene rings is 1. The minimum atomic E-state index is 0.448. The molecule has 0 saturated carbocycles. The van der Waals surface area contributed by atoms with Crippen LogP contribution in [0.15, 0.2) is 24.3 Å². The second kappa shape index (κ2) is 5.72. The van der Waals surface area contributed by atoms with Crippen molar-refractivity contribution in [3.8, 4) is 0 Å². The normalized spacial score (nSPS) is 26.1. The molecule has 2 unspecified atom stereocenters. The second-order valence-corrected chi connectivity index (χ2v) is 5.47. The van der Waals surface area contributed by atoms with Crippen molar-refractivity contribution in [2.45, 2.75) is 32.4 Å². The summed E-state index contributed by atoms with van der Waals surface area (Å²) < 4.78 is 0. The maximum absolute atomic E-state index is 5.92. The highest BCUT2D eigenvalue weighted by Crippen LogP contribution is 2.21. The molecule has 2 N–H and O–H groups in total. The van der Waals surface area contributed by atoms with Crippen LogP contribution in [0.5, 0.6) is 0 Å². The summed E-state index contributed by atoms with van der Waals surface area (Å²) >= 11 is 0. The van der Waals surface area contributed by atoms with Crippen LogP contribution in [-0.4, -0.2) is 43.7 Å². The number of hydrogen-bond acceptors (Lipinski definition) is 3. The van der Waals surface area contributed by atoms with Crippen LogP contribution in [0, 0.1) is 6.92 Å². The van der Waals surface area contributed by atoms with Crippen molar-refractivity contribution in [1.29, 1.82) is 0 Å². The van der Waals surface area contributed by atoms with E-state index < -0.39 is 0 Å². The Kier molecular flexibility index (Phi) is 4.25. The highest BCUT2D eigenvalue weighted by molar-refractivity contribution is 5.47. The maximum atomic E-state index is 5.92. The Morgan fingerprint density at radius 2 is 1.94 bits per heavy atom. The quantitative estimate of drug-likeness (QED) is 0.866. The molecule has 0 aromatic heterocycles. The van der Waals surface area contributed by atoms with E-state index in [2.05, 4.69) is 55.0 Å². The van der Waals surface area contributed by atoms with Gasteiger partial charge in [-0.15, -0.1) is 0 Å². The Bertz CT molecular complexity index is 374. The molecule has 3 heteroatoms. The summed E-state index contributed by atoms with van der Waals surface area (Å²) in [5.74, 6) is 0. The van der Waals surface area contributed by atoms with E-state index in [9.17, 15) is 0 Å². The van der Waals surface area contributed by atoms with Crippen molar-refractivity contribution >= 4 is 5.69 Å². The van der Waals surface area contributed by atoms with Crippen LogP contribution < -0.4 is 10.6 Å². The standard InChI is InChI=1S/C15H25N3/c1-12-4-6-14(7-5-12)18-9-8-13(2)17(3)15(10-16)11-18/h4-7,13,15H,8-11,16H2,1-3H3. The topological polar surface area (TPSA) is 32.5 Å². The predicted molar refractivity (Wildman–Crippen MR) is 78.1 cm³/mol. The summed E-state index contributed by atoms with van der Waals surface area (Å²) in [7, 11) is 2.20. The molecule has 100 valence electrons. The molecular weight excluding hydrogens is 222 g/mol. The van der Waals surface area contributed by atoms with Gasteiger partial charge in [-0.2, -0.15) is 0 Å². The van der Waals surface area contributed by atoms with Crippen molar-refractivity contribution in [3.05, 3.63) is 29.8 Å². The summed E-state index contributed by atoms with van der Waals surface area (Å²) in [5.41, 5.74) is 8.56. The van der Waals surface area contributed by atoms with Gasteiger partial charge >= 0.3 is 0 Å². The summed E-state index contributed by atoms with van der Waals surface area (Å²) in [6.07, 6.45) is 1.20. The fourth-order valence-corrected chi connectivity index (χ4v) is 2.61. The highest BCUT2D eigenvalue weighted by Gasteiger charge is 2.25. The van der Waals surface area contributed by atoms with Crippen molar-refractivity contribution in [1.82, 2.24) is 4.90 Å². The molecule has 2 atom stereocenters. The summed E-state index contributed by atoms with van der Waals surface area (Å²) in [6, 6.07) is 9.87. The molecule has 1 aromatic rings. The maximum Gasteiger partial charge on any atom is 0.0393 e. The van der Waals surface area contributed by atoms with Gasteiger partial charge in [0, 0.05) is 37.4 Å². The monoisotopic (exact) mass is 247 g/mol. The summed E-state index contributed by atoms with van der Waals surface area (Å²) in [6.45, 7) is 7.29. The Labute approximate surface area is 111 Å². The first-order valence-corrected chi connectivity index (χ1v) is 6.85. The molecule has 3 nitrogen and oxygen atoms in total. The van der Waals surface area contributed by atoms with Crippen molar-refractivity contribution in [2.24, 2.45) is 5.73 Å². The van der Waals surface area contributed by atoms with Gasteiger partial charge in [-0.1, -0.05) is 17.7 Å². The zero-order valence-electron chi connectivity index (χ0n) is 11.8. The number of anilines is 1. The molecule has 1 heterocycles. The van der Waals surface area contributed by atoms with Crippen LogP contribution in [0.2, 0.25) is 0 Å². The lowest BCUT2D eigenvalue weighted by Crippen LogP contribution is -2.46. The van der Waals surface area contributed by atoms with Crippen LogP contribution >= 0.6 is 0 Å². The fourth-order valence-electron chi connectivity index (χ4n) is 2.61. The highest BCUT2D eigenvalue weighted by atomic mass is 15.3. The lowest BCUT2D eigenvalue weighted by atomic mass is 10.2. The van der Waals surface area contributed by atoms with Gasteiger partial charge < -0.3 is 10.6 Å². The largest absolute Gasteiger partial charge is 0.370 e. The number of rotatable bonds is 2. The number of nitrogens with zero attached hydrogens (tertiary/aromatic N) is 2. The van der Waals surface area contributed by atoms with Gasteiger partial charge in [-0.05, 0) is 39.4 Å². The van der Waals surface area contributed by atoms with Gasteiger partial charge in [0.05, 0.1) is 0 Å². The smallest absolute Gasteiger partial charge is 0.0393 e. The number of hydrogen-bond donors (Lipinski definition) is 1. The van der Waals surface area contributed by atoms with E-state index in [1.165, 1.54) is 17.7 Å². The van der Waals surface area contributed by atoms with E-state index in [1.807, 2.05) is 0 Å². The van der Waals surface area contributed by atoms with E-state index in [4.69, 9.17) is 5.73 Å². The second-order valence-electron chi connectivity index (χ2n) is 5.47. The van der Waals surface area contributed by atoms with Crippen molar-refractivity contribution < 1.29 is 0 Å². The van der Waals surface area contributed by atoms with Crippen LogP contribution in [0.25, 0.3) is 0 Å². The zero-order valence-corrected chi connectivity index (χ0v) is 11.8. The van der Waals surface area contributed by atoms with E-state index in [0.717, 1.165) is 19.6 Å². The first-order valence-electron chi connectivity index (χ1n) is 6.85.